The van der Waals surface area contributed by atoms with Gasteiger partial charge in [0.15, 0.2) is 0 Å². The number of nitrogens with one attached hydrogen (secondary N) is 1. The molecule has 0 aromatic heterocycles. The van der Waals surface area contributed by atoms with Crippen molar-refractivity contribution in [2.75, 3.05) is 20.2 Å². The molecule has 3 nitrogen and oxygen atoms in total. The Labute approximate surface area is 155 Å². The Morgan fingerprint density at radius 1 is 0.962 bits per heavy atom. The van der Waals surface area contributed by atoms with E-state index in [0.29, 0.717) is 6.04 Å². The van der Waals surface area contributed by atoms with Gasteiger partial charge in [0.2, 0.25) is 0 Å². The number of nitrogens with zero attached hydrogens (tertiary/aromatic N) is 1. The third-order valence-corrected chi connectivity index (χ3v) is 5.23. The maximum absolute atomic E-state index is 5.30. The highest BCUT2D eigenvalue weighted by Crippen LogP contribution is 2.22. The summed E-state index contributed by atoms with van der Waals surface area (Å²) in [4.78, 5) is 2.54. The van der Waals surface area contributed by atoms with E-state index in [-0.39, 0.29) is 0 Å². The number of rotatable bonds is 6. The van der Waals surface area contributed by atoms with Crippen molar-refractivity contribution in [1.82, 2.24) is 10.2 Å². The molecule has 4 rings (SSSR count). The average molecular weight is 346 g/mol. The molecule has 3 heteroatoms. The number of methoxy groups -OCH3 is 1. The number of hydrogen-bond acceptors (Lipinski definition) is 3. The molecule has 26 heavy (non-hydrogen) atoms. The van der Waals surface area contributed by atoms with Crippen LogP contribution in [-0.2, 0) is 13.1 Å². The summed E-state index contributed by atoms with van der Waals surface area (Å²) in [6, 6.07) is 24.2. The van der Waals surface area contributed by atoms with Gasteiger partial charge in [0.1, 0.15) is 5.75 Å². The minimum Gasteiger partial charge on any atom is -0.497 e. The van der Waals surface area contributed by atoms with E-state index >= 15 is 0 Å². The zero-order chi connectivity index (χ0) is 17.8. The maximum atomic E-state index is 5.30. The molecule has 1 heterocycles. The quantitative estimate of drug-likeness (QED) is 0.723. The highest BCUT2D eigenvalue weighted by atomic mass is 16.5. The summed E-state index contributed by atoms with van der Waals surface area (Å²) < 4.78 is 5.30. The Hall–Kier alpha value is -2.36. The molecule has 134 valence electrons. The van der Waals surface area contributed by atoms with Crippen LogP contribution in [0.3, 0.4) is 0 Å². The average Bonchev–Trinajstić information content (AvgIpc) is 3.14. The van der Waals surface area contributed by atoms with E-state index in [1.165, 1.54) is 34.9 Å². The number of likely N-dealkylation sites (tertiary alicyclic amines) is 1. The highest BCUT2D eigenvalue weighted by molar-refractivity contribution is 5.84. The van der Waals surface area contributed by atoms with Crippen LogP contribution in [0.4, 0.5) is 0 Å². The van der Waals surface area contributed by atoms with E-state index in [0.717, 1.165) is 25.4 Å². The summed E-state index contributed by atoms with van der Waals surface area (Å²) in [5.41, 5.74) is 2.74. The van der Waals surface area contributed by atoms with E-state index in [1.54, 1.807) is 7.11 Å². The monoisotopic (exact) mass is 346 g/mol. The molecule has 1 atom stereocenters. The molecule has 0 saturated carbocycles. The lowest BCUT2D eigenvalue weighted by Gasteiger charge is -2.17. The molecule has 1 aliphatic heterocycles. The fraction of sp³-hybridized carbons (Fsp3) is 0.304. The van der Waals surface area contributed by atoms with Gasteiger partial charge in [-0.05, 0) is 46.5 Å². The van der Waals surface area contributed by atoms with Gasteiger partial charge >= 0.3 is 0 Å². The van der Waals surface area contributed by atoms with Crippen LogP contribution in [0.1, 0.15) is 17.5 Å². The molecule has 3 aromatic carbocycles. The van der Waals surface area contributed by atoms with Crippen LogP contribution in [-0.4, -0.2) is 31.1 Å². The minimum absolute atomic E-state index is 0.574. The van der Waals surface area contributed by atoms with E-state index in [9.17, 15) is 0 Å². The molecular formula is C23H26N2O. The molecule has 1 fully saturated rings. The standard InChI is InChI=1S/C23H26N2O/c1-26-23-10-9-20-13-19(7-8-21(20)14-23)15-24-22-11-12-25(17-22)16-18-5-3-2-4-6-18/h2-10,13-14,22,24H,11-12,15-17H2,1H3. The van der Waals surface area contributed by atoms with E-state index in [4.69, 9.17) is 4.74 Å². The van der Waals surface area contributed by atoms with Crippen molar-refractivity contribution in [2.24, 2.45) is 0 Å². The summed E-state index contributed by atoms with van der Waals surface area (Å²) in [6.45, 7) is 4.27. The zero-order valence-corrected chi connectivity index (χ0v) is 15.3. The molecule has 0 aliphatic carbocycles. The summed E-state index contributed by atoms with van der Waals surface area (Å²) in [5, 5.41) is 6.23. The summed E-state index contributed by atoms with van der Waals surface area (Å²) >= 11 is 0. The van der Waals surface area contributed by atoms with Crippen molar-refractivity contribution < 1.29 is 4.74 Å². The fourth-order valence-electron chi connectivity index (χ4n) is 3.76. The maximum Gasteiger partial charge on any atom is 0.119 e. The molecule has 1 unspecified atom stereocenters. The molecule has 1 N–H and O–H groups in total. The number of ether oxygens (including phenoxy) is 1. The van der Waals surface area contributed by atoms with Crippen molar-refractivity contribution in [1.29, 1.82) is 0 Å². The molecule has 1 saturated heterocycles. The molecule has 3 aromatic rings. The van der Waals surface area contributed by atoms with Gasteiger partial charge in [-0.2, -0.15) is 0 Å². The lowest BCUT2D eigenvalue weighted by atomic mass is 10.1. The van der Waals surface area contributed by atoms with E-state index < -0.39 is 0 Å². The van der Waals surface area contributed by atoms with Crippen LogP contribution in [0, 0.1) is 0 Å². The van der Waals surface area contributed by atoms with Gasteiger partial charge in [0.05, 0.1) is 7.11 Å². The topological polar surface area (TPSA) is 24.5 Å². The molecular weight excluding hydrogens is 320 g/mol. The van der Waals surface area contributed by atoms with Crippen LogP contribution in [0.5, 0.6) is 5.75 Å². The van der Waals surface area contributed by atoms with Gasteiger partial charge in [0, 0.05) is 32.2 Å². The van der Waals surface area contributed by atoms with Crippen LogP contribution in [0.25, 0.3) is 10.8 Å². The van der Waals surface area contributed by atoms with Crippen molar-refractivity contribution in [2.45, 2.75) is 25.6 Å². The first-order valence-corrected chi connectivity index (χ1v) is 9.36. The van der Waals surface area contributed by atoms with Gasteiger partial charge in [-0.1, -0.05) is 48.5 Å². The molecule has 0 spiro atoms. The third-order valence-electron chi connectivity index (χ3n) is 5.23. The molecule has 1 aliphatic rings. The van der Waals surface area contributed by atoms with Crippen LogP contribution in [0.15, 0.2) is 66.7 Å². The molecule has 0 amide bonds. The smallest absolute Gasteiger partial charge is 0.119 e. The zero-order valence-electron chi connectivity index (χ0n) is 15.3. The first-order chi connectivity index (χ1) is 12.8. The summed E-state index contributed by atoms with van der Waals surface area (Å²) in [5.74, 6) is 0.910. The Morgan fingerprint density at radius 3 is 2.62 bits per heavy atom. The minimum atomic E-state index is 0.574. The Balaban J connectivity index is 1.32. The second-order valence-electron chi connectivity index (χ2n) is 7.13. The van der Waals surface area contributed by atoms with E-state index in [1.807, 2.05) is 6.07 Å². The van der Waals surface area contributed by atoms with Crippen molar-refractivity contribution in [3.63, 3.8) is 0 Å². The molecule has 0 radical (unpaired) electrons. The summed E-state index contributed by atoms with van der Waals surface area (Å²) in [7, 11) is 1.71. The Kier molecular flexibility index (Phi) is 5.19. The van der Waals surface area contributed by atoms with Gasteiger partial charge in [-0.25, -0.2) is 0 Å². The number of fused-ring (bicyclic) bond motifs is 1. The first-order valence-electron chi connectivity index (χ1n) is 9.36. The summed E-state index contributed by atoms with van der Waals surface area (Å²) in [6.07, 6.45) is 1.22. The third kappa shape index (κ3) is 4.06. The van der Waals surface area contributed by atoms with Crippen LogP contribution in [0.2, 0.25) is 0 Å². The normalized spacial score (nSPS) is 17.7. The Morgan fingerprint density at radius 2 is 1.77 bits per heavy atom. The lowest BCUT2D eigenvalue weighted by Crippen LogP contribution is -2.31. The Bertz CT molecular complexity index is 862. The van der Waals surface area contributed by atoms with Crippen LogP contribution < -0.4 is 10.1 Å². The van der Waals surface area contributed by atoms with E-state index in [2.05, 4.69) is 70.9 Å². The SMILES string of the molecule is COc1ccc2cc(CNC3CCN(Cc4ccccc4)C3)ccc2c1. The predicted octanol–water partition coefficient (Wildman–Crippen LogP) is 4.21. The fourth-order valence-corrected chi connectivity index (χ4v) is 3.76. The highest BCUT2D eigenvalue weighted by Gasteiger charge is 2.21. The van der Waals surface area contributed by atoms with Gasteiger partial charge in [0.25, 0.3) is 0 Å². The second kappa shape index (κ2) is 7.90. The largest absolute Gasteiger partial charge is 0.497 e. The van der Waals surface area contributed by atoms with Crippen molar-refractivity contribution in [3.8, 4) is 5.75 Å². The van der Waals surface area contributed by atoms with Gasteiger partial charge in [-0.15, -0.1) is 0 Å². The molecule has 0 bridgehead atoms. The van der Waals surface area contributed by atoms with Crippen molar-refractivity contribution >= 4 is 10.8 Å². The first kappa shape index (κ1) is 17.1. The van der Waals surface area contributed by atoms with Crippen LogP contribution >= 0.6 is 0 Å². The number of benzene rings is 3. The lowest BCUT2D eigenvalue weighted by molar-refractivity contribution is 0.320. The van der Waals surface area contributed by atoms with Gasteiger partial charge < -0.3 is 10.1 Å². The van der Waals surface area contributed by atoms with Crippen molar-refractivity contribution in [3.05, 3.63) is 77.9 Å². The second-order valence-corrected chi connectivity index (χ2v) is 7.13. The number of hydrogen-bond donors (Lipinski definition) is 1. The van der Waals surface area contributed by atoms with Gasteiger partial charge in [-0.3, -0.25) is 4.90 Å². The predicted molar refractivity (Wildman–Crippen MR) is 107 cm³/mol.